The molecule has 0 unspecified atom stereocenters. The third-order valence-electron chi connectivity index (χ3n) is 2.32. The summed E-state index contributed by atoms with van der Waals surface area (Å²) in [5.41, 5.74) is 2.70. The Kier molecular flexibility index (Phi) is 2.63. The molecule has 0 bridgehead atoms. The molecular formula is C11H9N3S2. The van der Waals surface area contributed by atoms with Gasteiger partial charge < -0.3 is 0 Å². The van der Waals surface area contributed by atoms with Crippen LogP contribution in [0.4, 0.5) is 0 Å². The minimum Gasteiger partial charge on any atom is -0.241 e. The van der Waals surface area contributed by atoms with Crippen molar-refractivity contribution in [2.45, 2.75) is 12.8 Å². The normalized spacial score (nSPS) is 11.0. The molecule has 0 aromatic carbocycles. The van der Waals surface area contributed by atoms with Crippen LogP contribution in [-0.4, -0.2) is 15.0 Å². The number of thiophene rings is 1. The van der Waals surface area contributed by atoms with Crippen molar-refractivity contribution >= 4 is 33.0 Å². The average molecular weight is 247 g/mol. The zero-order valence-electron chi connectivity index (χ0n) is 8.46. The summed E-state index contributed by atoms with van der Waals surface area (Å²) < 4.78 is 0. The maximum Gasteiger partial charge on any atom is 0.146 e. The lowest BCUT2D eigenvalue weighted by molar-refractivity contribution is 0.881. The van der Waals surface area contributed by atoms with E-state index in [0.29, 0.717) is 0 Å². The smallest absolute Gasteiger partial charge is 0.146 e. The quantitative estimate of drug-likeness (QED) is 0.714. The first-order valence-electron chi connectivity index (χ1n) is 4.99. The molecule has 0 N–H and O–H groups in total. The highest BCUT2D eigenvalue weighted by Crippen LogP contribution is 2.15. The first kappa shape index (κ1) is 9.86. The molecule has 3 nitrogen and oxygen atoms in total. The monoisotopic (exact) mass is 247 g/mol. The van der Waals surface area contributed by atoms with Crippen LogP contribution in [0, 0.1) is 0 Å². The van der Waals surface area contributed by atoms with Crippen molar-refractivity contribution in [2.75, 3.05) is 0 Å². The topological polar surface area (TPSA) is 38.7 Å². The lowest BCUT2D eigenvalue weighted by atomic mass is 10.2. The summed E-state index contributed by atoms with van der Waals surface area (Å²) in [7, 11) is 0. The van der Waals surface area contributed by atoms with Crippen LogP contribution in [0.2, 0.25) is 0 Å². The number of nitrogens with zero attached hydrogens (tertiary/aromatic N) is 3. The fourth-order valence-electron chi connectivity index (χ4n) is 1.51. The van der Waals surface area contributed by atoms with Crippen molar-refractivity contribution in [2.24, 2.45) is 0 Å². The Balaban J connectivity index is 1.78. The molecule has 3 aromatic heterocycles. The summed E-state index contributed by atoms with van der Waals surface area (Å²) in [6.07, 6.45) is 3.72. The van der Waals surface area contributed by atoms with Crippen molar-refractivity contribution in [1.29, 1.82) is 0 Å². The van der Waals surface area contributed by atoms with Crippen LogP contribution in [0.1, 0.15) is 10.7 Å². The molecule has 16 heavy (non-hydrogen) atoms. The predicted molar refractivity (Wildman–Crippen MR) is 66.9 cm³/mol. The highest BCUT2D eigenvalue weighted by Gasteiger charge is 2.03. The van der Waals surface area contributed by atoms with Crippen molar-refractivity contribution in [3.8, 4) is 0 Å². The number of aryl methyl sites for hydroxylation is 2. The van der Waals surface area contributed by atoms with Gasteiger partial charge in [-0.1, -0.05) is 6.07 Å². The van der Waals surface area contributed by atoms with E-state index in [9.17, 15) is 0 Å². The molecule has 0 atom stereocenters. The summed E-state index contributed by atoms with van der Waals surface area (Å²) in [6, 6.07) is 4.23. The summed E-state index contributed by atoms with van der Waals surface area (Å²) >= 11 is 3.35. The molecule has 0 aliphatic carbocycles. The number of fused-ring (bicyclic) bond motifs is 1. The van der Waals surface area contributed by atoms with Gasteiger partial charge in [0.1, 0.15) is 16.2 Å². The highest BCUT2D eigenvalue weighted by molar-refractivity contribution is 7.16. The summed E-state index contributed by atoms with van der Waals surface area (Å²) in [6.45, 7) is 0. The van der Waals surface area contributed by atoms with E-state index in [1.54, 1.807) is 22.7 Å². The van der Waals surface area contributed by atoms with Crippen molar-refractivity contribution < 1.29 is 0 Å². The lowest BCUT2D eigenvalue weighted by Gasteiger charge is -1.97. The van der Waals surface area contributed by atoms with Crippen LogP contribution in [0.15, 0.2) is 29.2 Å². The molecule has 5 heteroatoms. The third kappa shape index (κ3) is 1.96. The molecule has 0 aliphatic rings. The van der Waals surface area contributed by atoms with E-state index in [4.69, 9.17) is 0 Å². The van der Waals surface area contributed by atoms with Gasteiger partial charge in [-0.05, 0) is 17.9 Å². The van der Waals surface area contributed by atoms with Gasteiger partial charge in [-0.2, -0.15) is 0 Å². The van der Waals surface area contributed by atoms with Crippen LogP contribution in [0.25, 0.3) is 10.3 Å². The summed E-state index contributed by atoms with van der Waals surface area (Å²) in [4.78, 5) is 15.3. The third-order valence-corrected chi connectivity index (χ3v) is 3.99. The van der Waals surface area contributed by atoms with E-state index < -0.39 is 0 Å². The maximum absolute atomic E-state index is 4.48. The molecule has 3 aromatic rings. The van der Waals surface area contributed by atoms with E-state index in [1.165, 1.54) is 4.88 Å². The van der Waals surface area contributed by atoms with E-state index >= 15 is 0 Å². The van der Waals surface area contributed by atoms with Gasteiger partial charge in [0.25, 0.3) is 0 Å². The molecule has 0 fully saturated rings. The predicted octanol–water partition coefficient (Wildman–Crippen LogP) is 2.93. The van der Waals surface area contributed by atoms with Crippen LogP contribution in [0.3, 0.4) is 0 Å². The number of thiazole rings is 1. The second-order valence-electron chi connectivity index (χ2n) is 3.41. The number of aromatic nitrogens is 3. The second kappa shape index (κ2) is 4.27. The number of rotatable bonds is 3. The van der Waals surface area contributed by atoms with Gasteiger partial charge in [0.2, 0.25) is 0 Å². The Morgan fingerprint density at radius 3 is 3.00 bits per heavy atom. The van der Waals surface area contributed by atoms with Crippen LogP contribution in [0.5, 0.6) is 0 Å². The zero-order chi connectivity index (χ0) is 10.8. The Morgan fingerprint density at radius 2 is 2.12 bits per heavy atom. The van der Waals surface area contributed by atoms with Gasteiger partial charge in [0, 0.05) is 11.3 Å². The van der Waals surface area contributed by atoms with Crippen molar-refractivity contribution in [1.82, 2.24) is 15.0 Å². The summed E-state index contributed by atoms with van der Waals surface area (Å²) in [5.74, 6) is 0.908. The fraction of sp³-hybridized carbons (Fsp3) is 0.182. The average Bonchev–Trinajstić information content (AvgIpc) is 2.97. The standard InChI is InChI=1S/C11H9N3S2/c1-2-8(15-5-1)3-4-10-12-6-9-11(14-10)16-7-13-9/h1-2,5-7H,3-4H2. The molecule has 0 amide bonds. The SMILES string of the molecule is c1csc(CCc2ncc3ncsc3n2)c1. The minimum absolute atomic E-state index is 0.893. The Bertz CT molecular complexity index is 586. The molecule has 0 saturated heterocycles. The van der Waals surface area contributed by atoms with Gasteiger partial charge in [-0.25, -0.2) is 15.0 Å². The summed E-state index contributed by atoms with van der Waals surface area (Å²) in [5, 5.41) is 2.10. The van der Waals surface area contributed by atoms with Crippen LogP contribution in [-0.2, 0) is 12.8 Å². The van der Waals surface area contributed by atoms with E-state index in [-0.39, 0.29) is 0 Å². The minimum atomic E-state index is 0.893. The fourth-order valence-corrected chi connectivity index (χ4v) is 2.87. The van der Waals surface area contributed by atoms with Crippen LogP contribution >= 0.6 is 22.7 Å². The molecule has 0 aliphatic heterocycles. The number of hydrogen-bond donors (Lipinski definition) is 0. The maximum atomic E-state index is 4.48. The molecule has 0 radical (unpaired) electrons. The molecule has 3 heterocycles. The van der Waals surface area contributed by atoms with E-state index in [0.717, 1.165) is 29.0 Å². The lowest BCUT2D eigenvalue weighted by Crippen LogP contribution is -1.96. The molecule has 0 spiro atoms. The zero-order valence-corrected chi connectivity index (χ0v) is 10.1. The number of hydrogen-bond acceptors (Lipinski definition) is 5. The van der Waals surface area contributed by atoms with Crippen molar-refractivity contribution in [3.63, 3.8) is 0 Å². The molecular weight excluding hydrogens is 238 g/mol. The van der Waals surface area contributed by atoms with Gasteiger partial charge in [-0.3, -0.25) is 0 Å². The Labute approximate surface area is 101 Å². The largest absolute Gasteiger partial charge is 0.241 e. The first-order valence-corrected chi connectivity index (χ1v) is 6.75. The second-order valence-corrected chi connectivity index (χ2v) is 5.27. The van der Waals surface area contributed by atoms with Crippen molar-refractivity contribution in [3.05, 3.63) is 39.9 Å². The molecule has 0 saturated carbocycles. The van der Waals surface area contributed by atoms with E-state index in [1.807, 2.05) is 11.7 Å². The van der Waals surface area contributed by atoms with Gasteiger partial charge >= 0.3 is 0 Å². The molecule has 80 valence electrons. The Hall–Kier alpha value is -1.33. The van der Waals surface area contributed by atoms with Crippen LogP contribution < -0.4 is 0 Å². The molecule has 3 rings (SSSR count). The van der Waals surface area contributed by atoms with E-state index in [2.05, 4.69) is 32.5 Å². The Morgan fingerprint density at radius 1 is 1.12 bits per heavy atom. The van der Waals surface area contributed by atoms with Gasteiger partial charge in [0.05, 0.1) is 11.7 Å². The first-order chi connectivity index (χ1) is 7.92. The van der Waals surface area contributed by atoms with Gasteiger partial charge in [0.15, 0.2) is 0 Å². The van der Waals surface area contributed by atoms with Gasteiger partial charge in [-0.15, -0.1) is 22.7 Å². The highest BCUT2D eigenvalue weighted by atomic mass is 32.1.